The summed E-state index contributed by atoms with van der Waals surface area (Å²) in [6, 6.07) is 0.212. The molecule has 1 aliphatic rings. The highest BCUT2D eigenvalue weighted by atomic mass is 16.5. The molecule has 0 saturated carbocycles. The maximum absolute atomic E-state index is 10.9. The minimum Gasteiger partial charge on any atom is -0.469 e. The number of esters is 1. The number of piperidine rings is 1. The van der Waals surface area contributed by atoms with Gasteiger partial charge in [-0.3, -0.25) is 4.79 Å². The molecule has 0 radical (unpaired) electrons. The van der Waals surface area contributed by atoms with Gasteiger partial charge >= 0.3 is 5.97 Å². The van der Waals surface area contributed by atoms with Crippen LogP contribution in [0.15, 0.2) is 0 Å². The third kappa shape index (κ3) is 3.61. The van der Waals surface area contributed by atoms with Crippen LogP contribution in [-0.4, -0.2) is 48.9 Å². The van der Waals surface area contributed by atoms with Crippen LogP contribution in [0.5, 0.6) is 0 Å². The van der Waals surface area contributed by atoms with Crippen LogP contribution in [-0.2, 0) is 9.53 Å². The molecule has 0 aromatic rings. The lowest BCUT2D eigenvalue weighted by molar-refractivity contribution is -0.141. The molecule has 1 fully saturated rings. The van der Waals surface area contributed by atoms with Gasteiger partial charge in [-0.25, -0.2) is 5.48 Å². The molecule has 0 unspecified atom stereocenters. The van der Waals surface area contributed by atoms with Gasteiger partial charge < -0.3 is 14.8 Å². The van der Waals surface area contributed by atoms with E-state index in [0.717, 1.165) is 32.5 Å². The number of hydrogen-bond acceptors (Lipinski definition) is 5. The Balaban J connectivity index is 2.13. The number of carbonyl (C=O) groups is 1. The largest absolute Gasteiger partial charge is 0.469 e. The molecule has 0 amide bonds. The first-order chi connectivity index (χ1) is 6.76. The summed E-state index contributed by atoms with van der Waals surface area (Å²) in [7, 11) is 1.41. The van der Waals surface area contributed by atoms with Gasteiger partial charge in [0, 0.05) is 12.6 Å². The first-order valence-electron chi connectivity index (χ1n) is 4.95. The Labute approximate surface area is 84.0 Å². The maximum Gasteiger partial charge on any atom is 0.306 e. The topological polar surface area (TPSA) is 61.8 Å². The highest BCUT2D eigenvalue weighted by Crippen LogP contribution is 2.09. The van der Waals surface area contributed by atoms with Crippen molar-refractivity contribution in [1.82, 2.24) is 10.4 Å². The van der Waals surface area contributed by atoms with Gasteiger partial charge in [-0.15, -0.1) is 0 Å². The van der Waals surface area contributed by atoms with Crippen molar-refractivity contribution >= 4 is 5.97 Å². The minimum absolute atomic E-state index is 0.160. The van der Waals surface area contributed by atoms with Crippen LogP contribution in [0.4, 0.5) is 0 Å². The van der Waals surface area contributed by atoms with Crippen molar-refractivity contribution in [2.24, 2.45) is 0 Å². The number of nitrogens with one attached hydrogen (secondary N) is 1. The Kier molecular flexibility index (Phi) is 4.86. The van der Waals surface area contributed by atoms with E-state index in [1.165, 1.54) is 7.11 Å². The molecule has 0 aromatic carbocycles. The van der Waals surface area contributed by atoms with E-state index in [9.17, 15) is 4.79 Å². The second kappa shape index (κ2) is 5.95. The fourth-order valence-corrected chi connectivity index (χ4v) is 1.64. The summed E-state index contributed by atoms with van der Waals surface area (Å²) >= 11 is 0. The average Bonchev–Trinajstić information content (AvgIpc) is 2.26. The van der Waals surface area contributed by atoms with Crippen molar-refractivity contribution in [1.29, 1.82) is 0 Å². The molecule has 82 valence electrons. The standard InChI is InChI=1S/C9H18N2O3/c1-14-9(12)4-7-11-5-2-8(10-13)3-6-11/h8,10,13H,2-7H2,1H3. The van der Waals surface area contributed by atoms with Crippen LogP contribution in [0.3, 0.4) is 0 Å². The molecule has 0 atom stereocenters. The van der Waals surface area contributed by atoms with E-state index in [0.29, 0.717) is 6.42 Å². The molecule has 5 nitrogen and oxygen atoms in total. The summed E-state index contributed by atoms with van der Waals surface area (Å²) in [6.45, 7) is 2.61. The minimum atomic E-state index is -0.160. The van der Waals surface area contributed by atoms with Gasteiger partial charge in [-0.05, 0) is 25.9 Å². The van der Waals surface area contributed by atoms with Crippen molar-refractivity contribution < 1.29 is 14.7 Å². The third-order valence-corrected chi connectivity index (χ3v) is 2.63. The Morgan fingerprint density at radius 2 is 2.21 bits per heavy atom. The number of hydroxylamine groups is 1. The van der Waals surface area contributed by atoms with Crippen LogP contribution in [0, 0.1) is 0 Å². The van der Waals surface area contributed by atoms with E-state index in [4.69, 9.17) is 5.21 Å². The van der Waals surface area contributed by atoms with E-state index >= 15 is 0 Å². The number of ether oxygens (including phenoxy) is 1. The summed E-state index contributed by atoms with van der Waals surface area (Å²) in [5, 5.41) is 8.69. The molecule has 2 N–H and O–H groups in total. The smallest absolute Gasteiger partial charge is 0.306 e. The molecular weight excluding hydrogens is 184 g/mol. The number of hydrogen-bond donors (Lipinski definition) is 2. The third-order valence-electron chi connectivity index (χ3n) is 2.63. The van der Waals surface area contributed by atoms with E-state index in [2.05, 4.69) is 15.1 Å². The SMILES string of the molecule is COC(=O)CCN1CCC(NO)CC1. The van der Waals surface area contributed by atoms with Crippen molar-refractivity contribution in [2.45, 2.75) is 25.3 Å². The highest BCUT2D eigenvalue weighted by molar-refractivity contribution is 5.69. The van der Waals surface area contributed by atoms with Gasteiger partial charge in [0.05, 0.1) is 13.5 Å². The molecule has 0 spiro atoms. The van der Waals surface area contributed by atoms with Crippen molar-refractivity contribution in [3.63, 3.8) is 0 Å². The molecule has 0 bridgehead atoms. The van der Waals surface area contributed by atoms with E-state index in [1.54, 1.807) is 0 Å². The lowest BCUT2D eigenvalue weighted by Gasteiger charge is -2.30. The molecule has 1 saturated heterocycles. The first-order valence-corrected chi connectivity index (χ1v) is 4.95. The molecule has 0 aliphatic carbocycles. The molecule has 0 aromatic heterocycles. The Morgan fingerprint density at radius 3 is 2.71 bits per heavy atom. The molecule has 1 rings (SSSR count). The molecule has 1 aliphatic heterocycles. The van der Waals surface area contributed by atoms with Crippen LogP contribution in [0.2, 0.25) is 0 Å². The van der Waals surface area contributed by atoms with E-state index in [1.807, 2.05) is 0 Å². The van der Waals surface area contributed by atoms with Gasteiger partial charge in [0.15, 0.2) is 0 Å². The first kappa shape index (κ1) is 11.4. The van der Waals surface area contributed by atoms with Crippen LogP contribution in [0.1, 0.15) is 19.3 Å². The molecular formula is C9H18N2O3. The maximum atomic E-state index is 10.9. The Bertz CT molecular complexity index is 179. The number of methoxy groups -OCH3 is 1. The molecule has 5 heteroatoms. The van der Waals surface area contributed by atoms with E-state index in [-0.39, 0.29) is 12.0 Å². The van der Waals surface area contributed by atoms with Crippen LogP contribution >= 0.6 is 0 Å². The number of likely N-dealkylation sites (tertiary alicyclic amines) is 1. The van der Waals surface area contributed by atoms with Crippen molar-refractivity contribution in [3.8, 4) is 0 Å². The van der Waals surface area contributed by atoms with Crippen LogP contribution in [0.25, 0.3) is 0 Å². The predicted octanol–water partition coefficient (Wildman–Crippen LogP) is -0.00730. The van der Waals surface area contributed by atoms with Gasteiger partial charge in [0.25, 0.3) is 0 Å². The normalized spacial score (nSPS) is 19.6. The second-order valence-corrected chi connectivity index (χ2v) is 3.57. The van der Waals surface area contributed by atoms with Gasteiger partial charge in [-0.2, -0.15) is 0 Å². The van der Waals surface area contributed by atoms with Gasteiger partial charge in [0.1, 0.15) is 0 Å². The van der Waals surface area contributed by atoms with Crippen molar-refractivity contribution in [3.05, 3.63) is 0 Å². The zero-order valence-electron chi connectivity index (χ0n) is 8.53. The van der Waals surface area contributed by atoms with Gasteiger partial charge in [-0.1, -0.05) is 0 Å². The zero-order chi connectivity index (χ0) is 10.4. The number of carbonyl (C=O) groups excluding carboxylic acids is 1. The van der Waals surface area contributed by atoms with Crippen LogP contribution < -0.4 is 5.48 Å². The monoisotopic (exact) mass is 202 g/mol. The second-order valence-electron chi connectivity index (χ2n) is 3.57. The summed E-state index contributed by atoms with van der Waals surface area (Å²) in [5.74, 6) is -0.160. The Morgan fingerprint density at radius 1 is 1.57 bits per heavy atom. The lowest BCUT2D eigenvalue weighted by Crippen LogP contribution is -2.42. The Hall–Kier alpha value is -0.650. The number of nitrogens with zero attached hydrogens (tertiary/aromatic N) is 1. The molecule has 1 heterocycles. The summed E-state index contributed by atoms with van der Waals surface area (Å²) in [4.78, 5) is 13.1. The fraction of sp³-hybridized carbons (Fsp3) is 0.889. The highest BCUT2D eigenvalue weighted by Gasteiger charge is 2.18. The summed E-state index contributed by atoms with van der Waals surface area (Å²) in [5.41, 5.74) is 2.28. The van der Waals surface area contributed by atoms with Gasteiger partial charge in [0.2, 0.25) is 0 Å². The summed E-state index contributed by atoms with van der Waals surface area (Å²) < 4.78 is 4.57. The van der Waals surface area contributed by atoms with Crippen molar-refractivity contribution in [2.75, 3.05) is 26.7 Å². The number of rotatable bonds is 4. The average molecular weight is 202 g/mol. The molecule has 14 heavy (non-hydrogen) atoms. The quantitative estimate of drug-likeness (QED) is 0.496. The zero-order valence-corrected chi connectivity index (χ0v) is 8.53. The van der Waals surface area contributed by atoms with E-state index < -0.39 is 0 Å². The fourth-order valence-electron chi connectivity index (χ4n) is 1.64. The predicted molar refractivity (Wildman–Crippen MR) is 51.0 cm³/mol. The summed E-state index contributed by atoms with van der Waals surface area (Å²) in [6.07, 6.45) is 2.31. The lowest BCUT2D eigenvalue weighted by atomic mass is 10.1.